The SMILES string of the molecule is Br[Si](Br)(Br)C=Cc1ccccc1. The van der Waals surface area contributed by atoms with E-state index in [-0.39, 0.29) is 0 Å². The largest absolute Gasteiger partial charge is 0.290 e. The highest BCUT2D eigenvalue weighted by molar-refractivity contribution is 9.72. The van der Waals surface area contributed by atoms with E-state index in [1.54, 1.807) is 0 Å². The normalized spacial score (nSPS) is 12.2. The van der Waals surface area contributed by atoms with Gasteiger partial charge in [0.2, 0.25) is 0 Å². The van der Waals surface area contributed by atoms with Crippen LogP contribution in [-0.2, 0) is 0 Å². The average molecular weight is 371 g/mol. The van der Waals surface area contributed by atoms with E-state index in [0.717, 1.165) is 0 Å². The molecule has 0 nitrogen and oxygen atoms in total. The van der Waals surface area contributed by atoms with Crippen molar-refractivity contribution in [2.45, 2.75) is 0 Å². The van der Waals surface area contributed by atoms with Crippen molar-refractivity contribution in [2.75, 3.05) is 0 Å². The molecule has 1 aromatic rings. The van der Waals surface area contributed by atoms with E-state index in [1.807, 2.05) is 18.2 Å². The van der Waals surface area contributed by atoms with Crippen LogP contribution in [0.1, 0.15) is 5.56 Å². The second-order valence-corrected chi connectivity index (χ2v) is 24.5. The number of hydrogen-bond acceptors (Lipinski definition) is 0. The number of rotatable bonds is 2. The van der Waals surface area contributed by atoms with Crippen molar-refractivity contribution in [2.24, 2.45) is 0 Å². The van der Waals surface area contributed by atoms with Gasteiger partial charge in [-0.1, -0.05) is 88.0 Å². The van der Waals surface area contributed by atoms with Crippen LogP contribution in [0.3, 0.4) is 0 Å². The molecule has 1 aromatic carbocycles. The van der Waals surface area contributed by atoms with Crippen LogP contribution in [-0.4, -0.2) is 3.93 Å². The van der Waals surface area contributed by atoms with E-state index < -0.39 is 3.93 Å². The summed E-state index contributed by atoms with van der Waals surface area (Å²) >= 11 is 10.6. The molecule has 0 bridgehead atoms. The zero-order valence-corrected chi connectivity index (χ0v) is 11.9. The molecule has 4 heteroatoms. The minimum absolute atomic E-state index is 1.22. The lowest BCUT2D eigenvalue weighted by Gasteiger charge is -1.99. The van der Waals surface area contributed by atoms with Crippen molar-refractivity contribution in [3.63, 3.8) is 0 Å². The molecule has 0 aliphatic rings. The fourth-order valence-corrected chi connectivity index (χ4v) is 2.33. The third-order valence-electron chi connectivity index (χ3n) is 1.26. The maximum absolute atomic E-state index is 3.52. The summed E-state index contributed by atoms with van der Waals surface area (Å²) in [5.41, 5.74) is 3.33. The highest BCUT2D eigenvalue weighted by Crippen LogP contribution is 2.29. The lowest BCUT2D eigenvalue weighted by Crippen LogP contribution is -1.99. The quantitative estimate of drug-likeness (QED) is 0.536. The zero-order valence-electron chi connectivity index (χ0n) is 6.18. The van der Waals surface area contributed by atoms with Gasteiger partial charge in [0, 0.05) is 0 Å². The predicted octanol–water partition coefficient (Wildman–Crippen LogP) is 4.36. The minimum Gasteiger partial charge on any atom is -0.0916 e. The summed E-state index contributed by atoms with van der Waals surface area (Å²) in [6, 6.07) is 10.2. The summed E-state index contributed by atoms with van der Waals surface area (Å²) < 4.78 is -1.58. The van der Waals surface area contributed by atoms with Gasteiger partial charge in [-0.2, -0.15) is 0 Å². The molecule has 0 saturated heterocycles. The number of benzene rings is 1. The van der Waals surface area contributed by atoms with Crippen LogP contribution < -0.4 is 0 Å². The summed E-state index contributed by atoms with van der Waals surface area (Å²) in [6.07, 6.45) is 2.09. The van der Waals surface area contributed by atoms with Gasteiger partial charge in [0.25, 0.3) is 3.93 Å². The highest BCUT2D eigenvalue weighted by atomic mass is 80.0. The van der Waals surface area contributed by atoms with Gasteiger partial charge in [0.1, 0.15) is 0 Å². The Labute approximate surface area is 96.8 Å². The van der Waals surface area contributed by atoms with Gasteiger partial charge in [-0.15, -0.1) is 0 Å². The Kier molecular flexibility index (Phi) is 4.23. The molecule has 0 saturated carbocycles. The molecular weight excluding hydrogens is 364 g/mol. The van der Waals surface area contributed by atoms with Crippen molar-refractivity contribution in [3.8, 4) is 0 Å². The van der Waals surface area contributed by atoms with Gasteiger partial charge >= 0.3 is 0 Å². The van der Waals surface area contributed by atoms with Crippen LogP contribution in [0, 0.1) is 0 Å². The van der Waals surface area contributed by atoms with Gasteiger partial charge in [0.15, 0.2) is 0 Å². The molecule has 64 valence electrons. The first-order valence-corrected chi connectivity index (χ1v) is 12.2. The van der Waals surface area contributed by atoms with Gasteiger partial charge in [-0.3, -0.25) is 0 Å². The smallest absolute Gasteiger partial charge is 0.0916 e. The molecule has 0 aliphatic heterocycles. The van der Waals surface area contributed by atoms with Crippen molar-refractivity contribution >= 4 is 55.9 Å². The monoisotopic (exact) mass is 368 g/mol. The number of hydrogen-bond donors (Lipinski definition) is 0. The first kappa shape index (κ1) is 10.7. The molecule has 0 heterocycles. The van der Waals surface area contributed by atoms with Crippen molar-refractivity contribution < 1.29 is 0 Å². The Morgan fingerprint density at radius 1 is 1.00 bits per heavy atom. The zero-order chi connectivity index (χ0) is 9.03. The summed E-state index contributed by atoms with van der Waals surface area (Å²) in [4.78, 5) is 0. The third kappa shape index (κ3) is 4.60. The molecule has 0 spiro atoms. The second kappa shape index (κ2) is 4.74. The van der Waals surface area contributed by atoms with Crippen LogP contribution in [0.2, 0.25) is 0 Å². The summed E-state index contributed by atoms with van der Waals surface area (Å²) in [7, 11) is 0. The maximum Gasteiger partial charge on any atom is 0.290 e. The Morgan fingerprint density at radius 3 is 2.08 bits per heavy atom. The molecule has 0 unspecified atom stereocenters. The Morgan fingerprint density at radius 2 is 1.58 bits per heavy atom. The fraction of sp³-hybridized carbons (Fsp3) is 0. The second-order valence-electron chi connectivity index (χ2n) is 2.29. The fourth-order valence-electron chi connectivity index (χ4n) is 0.755. The Balaban J connectivity index is 2.71. The van der Waals surface area contributed by atoms with Gasteiger partial charge in [-0.05, 0) is 5.56 Å². The summed E-state index contributed by atoms with van der Waals surface area (Å²) in [5, 5.41) is 0. The summed E-state index contributed by atoms with van der Waals surface area (Å²) in [5.74, 6) is 0. The molecule has 0 aromatic heterocycles. The van der Waals surface area contributed by atoms with Crippen molar-refractivity contribution in [1.29, 1.82) is 0 Å². The topological polar surface area (TPSA) is 0 Å². The van der Waals surface area contributed by atoms with Crippen molar-refractivity contribution in [1.82, 2.24) is 0 Å². The van der Waals surface area contributed by atoms with E-state index >= 15 is 0 Å². The van der Waals surface area contributed by atoms with E-state index in [0.29, 0.717) is 0 Å². The highest BCUT2D eigenvalue weighted by Gasteiger charge is 2.16. The number of halogens is 3. The molecule has 0 aliphatic carbocycles. The summed E-state index contributed by atoms with van der Waals surface area (Å²) in [6.45, 7) is 0. The van der Waals surface area contributed by atoms with Gasteiger partial charge in [-0.25, -0.2) is 0 Å². The van der Waals surface area contributed by atoms with E-state index in [2.05, 4.69) is 69.8 Å². The molecular formula is C8H7Br3Si. The predicted molar refractivity (Wildman–Crippen MR) is 68.0 cm³/mol. The van der Waals surface area contributed by atoms with Crippen LogP contribution >= 0.6 is 45.9 Å². The van der Waals surface area contributed by atoms with Crippen LogP contribution in [0.25, 0.3) is 6.08 Å². The van der Waals surface area contributed by atoms with Crippen LogP contribution in [0.15, 0.2) is 36.0 Å². The molecule has 0 radical (unpaired) electrons. The van der Waals surface area contributed by atoms with Crippen molar-refractivity contribution in [3.05, 3.63) is 41.6 Å². The molecule has 0 fully saturated rings. The molecule has 0 amide bonds. The lowest BCUT2D eigenvalue weighted by molar-refractivity contribution is 1.66. The third-order valence-corrected chi connectivity index (χ3v) is 4.19. The Hall–Kier alpha value is 0.617. The van der Waals surface area contributed by atoms with Gasteiger partial charge in [0.05, 0.1) is 0 Å². The van der Waals surface area contributed by atoms with E-state index in [9.17, 15) is 0 Å². The minimum atomic E-state index is -1.58. The molecule has 0 N–H and O–H groups in total. The first-order chi connectivity index (χ1) is 5.58. The van der Waals surface area contributed by atoms with Crippen LogP contribution in [0.4, 0.5) is 0 Å². The standard InChI is InChI=1S/C8H7Br3Si/c9-12(10,11)7-6-8-4-2-1-3-5-8/h1-7H. The average Bonchev–Trinajstić information content (AvgIpc) is 2.02. The molecule has 1 rings (SSSR count). The maximum atomic E-state index is 3.52. The van der Waals surface area contributed by atoms with Crippen LogP contribution in [0.5, 0.6) is 0 Å². The lowest BCUT2D eigenvalue weighted by atomic mass is 10.2. The molecule has 0 atom stereocenters. The van der Waals surface area contributed by atoms with Gasteiger partial charge < -0.3 is 0 Å². The molecule has 12 heavy (non-hydrogen) atoms. The Bertz CT molecular complexity index is 263. The van der Waals surface area contributed by atoms with E-state index in [4.69, 9.17) is 0 Å². The van der Waals surface area contributed by atoms with E-state index in [1.165, 1.54) is 5.56 Å². The first-order valence-electron chi connectivity index (χ1n) is 3.39.